The van der Waals surface area contributed by atoms with Crippen molar-refractivity contribution in [1.29, 1.82) is 0 Å². The number of nitrogen functional groups attached to an aromatic ring is 1. The molecule has 0 radical (unpaired) electrons. The van der Waals surface area contributed by atoms with E-state index in [4.69, 9.17) is 5.73 Å². The van der Waals surface area contributed by atoms with Gasteiger partial charge in [-0.2, -0.15) is 12.6 Å². The predicted octanol–water partition coefficient (Wildman–Crippen LogP) is 0.686. The van der Waals surface area contributed by atoms with Crippen LogP contribution in [0.25, 0.3) is 0 Å². The molecule has 0 aliphatic carbocycles. The Balaban J connectivity index is 2.86. The van der Waals surface area contributed by atoms with E-state index in [1.165, 1.54) is 0 Å². The summed E-state index contributed by atoms with van der Waals surface area (Å²) in [6, 6.07) is 1.72. The molecule has 4 nitrogen and oxygen atoms in total. The van der Waals surface area contributed by atoms with E-state index >= 15 is 0 Å². The van der Waals surface area contributed by atoms with E-state index in [-0.39, 0.29) is 0 Å². The molecule has 0 saturated heterocycles. The normalized spacial score (nSPS) is 14.9. The first-order valence-electron chi connectivity index (χ1n) is 4.75. The smallest absolute Gasteiger partial charge is 0.124 e. The topological polar surface area (TPSA) is 79.4 Å². The van der Waals surface area contributed by atoms with Crippen LogP contribution in [0, 0.1) is 6.92 Å². The quantitative estimate of drug-likeness (QED) is 0.572. The lowest BCUT2D eigenvalue weighted by Crippen LogP contribution is -2.21. The van der Waals surface area contributed by atoms with Crippen molar-refractivity contribution in [3.05, 3.63) is 23.5 Å². The average molecular weight is 228 g/mol. The van der Waals surface area contributed by atoms with Gasteiger partial charge in [0.1, 0.15) is 6.10 Å². The number of anilines is 1. The number of thiol groups is 1. The van der Waals surface area contributed by atoms with E-state index in [2.05, 4.69) is 17.6 Å². The van der Waals surface area contributed by atoms with Crippen molar-refractivity contribution in [3.8, 4) is 0 Å². The molecule has 0 aliphatic heterocycles. The number of aliphatic hydroxyl groups excluding tert-OH is 2. The van der Waals surface area contributed by atoms with Gasteiger partial charge in [-0.3, -0.25) is 4.98 Å². The molecule has 1 aromatic heterocycles. The Morgan fingerprint density at radius 1 is 1.53 bits per heavy atom. The highest BCUT2D eigenvalue weighted by Crippen LogP contribution is 2.23. The van der Waals surface area contributed by atoms with Gasteiger partial charge in [-0.15, -0.1) is 0 Å². The van der Waals surface area contributed by atoms with E-state index in [1.54, 1.807) is 12.3 Å². The second-order valence-corrected chi connectivity index (χ2v) is 3.96. The van der Waals surface area contributed by atoms with Crippen molar-refractivity contribution in [2.45, 2.75) is 25.6 Å². The van der Waals surface area contributed by atoms with Crippen molar-refractivity contribution >= 4 is 18.3 Å². The fourth-order valence-electron chi connectivity index (χ4n) is 1.32. The highest BCUT2D eigenvalue weighted by molar-refractivity contribution is 7.80. The summed E-state index contributed by atoms with van der Waals surface area (Å²) in [4.78, 5) is 4.02. The van der Waals surface area contributed by atoms with Crippen molar-refractivity contribution < 1.29 is 10.2 Å². The molecule has 2 atom stereocenters. The van der Waals surface area contributed by atoms with Crippen molar-refractivity contribution in [2.24, 2.45) is 0 Å². The van der Waals surface area contributed by atoms with Gasteiger partial charge in [0.15, 0.2) is 0 Å². The Morgan fingerprint density at radius 3 is 2.73 bits per heavy atom. The van der Waals surface area contributed by atoms with E-state index < -0.39 is 12.2 Å². The summed E-state index contributed by atoms with van der Waals surface area (Å²) in [5, 5.41) is 19.3. The molecule has 5 heteroatoms. The third-order valence-electron chi connectivity index (χ3n) is 2.16. The number of hydrogen-bond donors (Lipinski definition) is 4. The largest absolute Gasteiger partial charge is 0.397 e. The Hall–Kier alpha value is -0.780. The van der Waals surface area contributed by atoms with Crippen LogP contribution in [0.4, 0.5) is 5.69 Å². The maximum absolute atomic E-state index is 9.77. The zero-order chi connectivity index (χ0) is 11.4. The Bertz CT molecular complexity index is 333. The molecule has 0 spiro atoms. The minimum atomic E-state index is -1.04. The summed E-state index contributed by atoms with van der Waals surface area (Å²) in [5.41, 5.74) is 7.36. The number of hydrogen-bond acceptors (Lipinski definition) is 5. The molecule has 15 heavy (non-hydrogen) atoms. The zero-order valence-electron chi connectivity index (χ0n) is 8.59. The molecule has 0 aliphatic rings. The summed E-state index contributed by atoms with van der Waals surface area (Å²) in [6.07, 6.45) is 0.0967. The fourth-order valence-corrected chi connectivity index (χ4v) is 1.59. The highest BCUT2D eigenvalue weighted by Gasteiger charge is 2.21. The average Bonchev–Trinajstić information content (AvgIpc) is 2.17. The lowest BCUT2D eigenvalue weighted by molar-refractivity contribution is 0.0151. The summed E-state index contributed by atoms with van der Waals surface area (Å²) in [6.45, 7) is 1.86. The number of aryl methyl sites for hydroxylation is 1. The van der Waals surface area contributed by atoms with Gasteiger partial charge in [0.25, 0.3) is 0 Å². The van der Waals surface area contributed by atoms with Gasteiger partial charge in [-0.1, -0.05) is 0 Å². The van der Waals surface area contributed by atoms with Crippen LogP contribution in [0.15, 0.2) is 12.3 Å². The maximum atomic E-state index is 9.77. The van der Waals surface area contributed by atoms with Crippen LogP contribution in [0.1, 0.15) is 23.8 Å². The standard InChI is InChI=1S/C10H16N2O2S/c1-6-4-7(11)9(12-5-6)10(14)8(13)2-3-15/h4-5,8,10,13-15H,2-3,11H2,1H3. The van der Waals surface area contributed by atoms with Crippen LogP contribution in [-0.2, 0) is 0 Å². The van der Waals surface area contributed by atoms with E-state index in [9.17, 15) is 10.2 Å². The number of nitrogens with two attached hydrogens (primary N) is 1. The number of pyridine rings is 1. The van der Waals surface area contributed by atoms with Crippen LogP contribution in [0.3, 0.4) is 0 Å². The van der Waals surface area contributed by atoms with Gasteiger partial charge in [0.2, 0.25) is 0 Å². The molecule has 0 amide bonds. The summed E-state index contributed by atoms with van der Waals surface area (Å²) in [7, 11) is 0. The van der Waals surface area contributed by atoms with Gasteiger partial charge in [-0.05, 0) is 30.7 Å². The molecule has 0 bridgehead atoms. The van der Waals surface area contributed by atoms with Gasteiger partial charge < -0.3 is 15.9 Å². The molecule has 1 aromatic rings. The molecule has 0 aromatic carbocycles. The van der Waals surface area contributed by atoms with Crippen molar-refractivity contribution in [2.75, 3.05) is 11.5 Å². The third-order valence-corrected chi connectivity index (χ3v) is 2.41. The van der Waals surface area contributed by atoms with Crippen molar-refractivity contribution in [3.63, 3.8) is 0 Å². The first-order chi connectivity index (χ1) is 7.06. The number of aliphatic hydroxyl groups is 2. The van der Waals surface area contributed by atoms with Gasteiger partial charge >= 0.3 is 0 Å². The maximum Gasteiger partial charge on any atom is 0.124 e. The van der Waals surface area contributed by atoms with Crippen molar-refractivity contribution in [1.82, 2.24) is 4.98 Å². The SMILES string of the molecule is Cc1cnc(C(O)C(O)CCS)c(N)c1. The Labute approximate surface area is 94.6 Å². The van der Waals surface area contributed by atoms with Crippen LogP contribution in [-0.4, -0.2) is 27.1 Å². The molecule has 4 N–H and O–H groups in total. The van der Waals surface area contributed by atoms with Gasteiger partial charge in [-0.25, -0.2) is 0 Å². The third kappa shape index (κ3) is 3.09. The molecule has 1 rings (SSSR count). The molecule has 0 fully saturated rings. The lowest BCUT2D eigenvalue weighted by atomic mass is 10.1. The number of aromatic nitrogens is 1. The molecule has 0 saturated carbocycles. The van der Waals surface area contributed by atoms with Gasteiger partial charge in [0, 0.05) is 6.20 Å². The minimum absolute atomic E-state index is 0.329. The van der Waals surface area contributed by atoms with Crippen LogP contribution in [0.5, 0.6) is 0 Å². The predicted molar refractivity (Wildman–Crippen MR) is 62.8 cm³/mol. The first-order valence-corrected chi connectivity index (χ1v) is 5.38. The summed E-state index contributed by atoms with van der Waals surface area (Å²) in [5.74, 6) is 0.504. The summed E-state index contributed by atoms with van der Waals surface area (Å²) < 4.78 is 0. The highest BCUT2D eigenvalue weighted by atomic mass is 32.1. The molecule has 84 valence electrons. The second kappa shape index (κ2) is 5.34. The van der Waals surface area contributed by atoms with E-state index in [0.717, 1.165) is 5.56 Å². The molecular weight excluding hydrogens is 212 g/mol. The number of nitrogens with zero attached hydrogens (tertiary/aromatic N) is 1. The monoisotopic (exact) mass is 228 g/mol. The van der Waals surface area contributed by atoms with Gasteiger partial charge in [0.05, 0.1) is 17.5 Å². The molecule has 1 heterocycles. The zero-order valence-corrected chi connectivity index (χ0v) is 9.48. The Morgan fingerprint density at radius 2 is 2.20 bits per heavy atom. The van der Waals surface area contributed by atoms with Crippen LogP contribution in [0.2, 0.25) is 0 Å². The summed E-state index contributed by atoms with van der Waals surface area (Å²) >= 11 is 3.99. The van der Waals surface area contributed by atoms with E-state index in [1.807, 2.05) is 6.92 Å². The first kappa shape index (κ1) is 12.3. The molecule has 2 unspecified atom stereocenters. The second-order valence-electron chi connectivity index (χ2n) is 3.51. The van der Waals surface area contributed by atoms with Crippen LogP contribution >= 0.6 is 12.6 Å². The Kier molecular flexibility index (Phi) is 4.38. The lowest BCUT2D eigenvalue weighted by Gasteiger charge is -2.18. The molecular formula is C10H16N2O2S. The van der Waals surface area contributed by atoms with E-state index in [0.29, 0.717) is 23.6 Å². The fraction of sp³-hybridized carbons (Fsp3) is 0.500. The van der Waals surface area contributed by atoms with Crippen LogP contribution < -0.4 is 5.73 Å². The number of rotatable bonds is 4. The minimum Gasteiger partial charge on any atom is -0.397 e.